The third kappa shape index (κ3) is 4.04. The van der Waals surface area contributed by atoms with Crippen LogP contribution < -0.4 is 10.2 Å². The molecule has 0 unspecified atom stereocenters. The lowest BCUT2D eigenvalue weighted by atomic mass is 10.1. The summed E-state index contributed by atoms with van der Waals surface area (Å²) >= 11 is 0. The monoisotopic (exact) mass is 312 g/mol. The van der Waals surface area contributed by atoms with Crippen molar-refractivity contribution < 1.29 is 9.53 Å². The molecule has 1 N–H and O–H groups in total. The minimum Gasteiger partial charge on any atom is -0.461 e. The fraction of sp³-hybridized carbons (Fsp3) is 0.353. The van der Waals surface area contributed by atoms with Crippen LogP contribution in [0.5, 0.6) is 0 Å². The lowest BCUT2D eigenvalue weighted by Crippen LogP contribution is -2.44. The van der Waals surface area contributed by atoms with Gasteiger partial charge in [-0.05, 0) is 17.2 Å². The molecule has 1 aromatic heterocycles. The van der Waals surface area contributed by atoms with Crippen molar-refractivity contribution in [1.82, 2.24) is 15.3 Å². The van der Waals surface area contributed by atoms with Crippen LogP contribution in [0.25, 0.3) is 11.1 Å². The van der Waals surface area contributed by atoms with Gasteiger partial charge in [-0.3, -0.25) is 4.79 Å². The van der Waals surface area contributed by atoms with E-state index in [1.165, 1.54) is 6.92 Å². The van der Waals surface area contributed by atoms with E-state index in [9.17, 15) is 4.79 Å². The van der Waals surface area contributed by atoms with Crippen LogP contribution >= 0.6 is 0 Å². The molecule has 0 spiro atoms. The van der Waals surface area contributed by atoms with Crippen molar-refractivity contribution in [3.63, 3.8) is 0 Å². The summed E-state index contributed by atoms with van der Waals surface area (Å²) in [6.45, 7) is 5.47. The zero-order chi connectivity index (χ0) is 16.1. The Balaban J connectivity index is 1.73. The molecule has 1 aromatic carbocycles. The number of carbonyl (C=O) groups excluding carboxylic acids is 1. The second-order valence-corrected chi connectivity index (χ2v) is 5.49. The van der Waals surface area contributed by atoms with Crippen molar-refractivity contribution in [2.75, 3.05) is 31.1 Å². The first-order chi connectivity index (χ1) is 11.2. The third-order valence-corrected chi connectivity index (χ3v) is 3.74. The maximum absolute atomic E-state index is 10.9. The number of carbonyl (C=O) groups is 1. The summed E-state index contributed by atoms with van der Waals surface area (Å²) in [7, 11) is 0. The molecule has 0 radical (unpaired) electrons. The number of hydrogen-bond acceptors (Lipinski definition) is 6. The lowest BCUT2D eigenvalue weighted by molar-refractivity contribution is -0.142. The number of ether oxygens (including phenoxy) is 1. The molecule has 0 atom stereocenters. The van der Waals surface area contributed by atoms with Crippen LogP contribution in [0.3, 0.4) is 0 Å². The van der Waals surface area contributed by atoms with Gasteiger partial charge in [-0.25, -0.2) is 9.97 Å². The molecule has 3 rings (SSSR count). The fourth-order valence-electron chi connectivity index (χ4n) is 2.52. The van der Waals surface area contributed by atoms with E-state index in [1.54, 1.807) is 0 Å². The van der Waals surface area contributed by atoms with Crippen molar-refractivity contribution in [2.45, 2.75) is 13.5 Å². The Labute approximate surface area is 135 Å². The van der Waals surface area contributed by atoms with Gasteiger partial charge in [-0.2, -0.15) is 0 Å². The number of nitrogens with zero attached hydrogens (tertiary/aromatic N) is 3. The SMILES string of the molecule is CC(=O)OCc1cccc(-c2cnc(N3CCNCC3)nc2)c1. The highest BCUT2D eigenvalue weighted by atomic mass is 16.5. The van der Waals surface area contributed by atoms with E-state index in [0.717, 1.165) is 48.8 Å². The second-order valence-electron chi connectivity index (χ2n) is 5.49. The van der Waals surface area contributed by atoms with Gasteiger partial charge in [0, 0.05) is 51.1 Å². The van der Waals surface area contributed by atoms with Crippen LogP contribution in [0.1, 0.15) is 12.5 Å². The molecular weight excluding hydrogens is 292 g/mol. The molecule has 2 heterocycles. The average molecular weight is 312 g/mol. The smallest absolute Gasteiger partial charge is 0.302 e. The predicted octanol–water partition coefficient (Wildman–Crippen LogP) is 1.62. The Kier molecular flexibility index (Phi) is 4.83. The molecule has 0 amide bonds. The van der Waals surface area contributed by atoms with Crippen molar-refractivity contribution in [3.8, 4) is 11.1 Å². The number of hydrogen-bond donors (Lipinski definition) is 1. The van der Waals surface area contributed by atoms with Gasteiger partial charge >= 0.3 is 5.97 Å². The van der Waals surface area contributed by atoms with Crippen LogP contribution in [0, 0.1) is 0 Å². The Morgan fingerprint density at radius 2 is 1.96 bits per heavy atom. The van der Waals surface area contributed by atoms with Crippen molar-refractivity contribution in [1.29, 1.82) is 0 Å². The summed E-state index contributed by atoms with van der Waals surface area (Å²) in [5, 5.41) is 3.31. The van der Waals surface area contributed by atoms with Crippen LogP contribution in [0.2, 0.25) is 0 Å². The Morgan fingerprint density at radius 1 is 1.22 bits per heavy atom. The average Bonchev–Trinajstić information content (AvgIpc) is 2.61. The molecule has 2 aromatic rings. The molecule has 23 heavy (non-hydrogen) atoms. The standard InChI is InChI=1S/C17H20N4O2/c1-13(22)23-12-14-3-2-4-15(9-14)16-10-19-17(20-11-16)21-7-5-18-6-8-21/h2-4,9-11,18H,5-8,12H2,1H3. The summed E-state index contributed by atoms with van der Waals surface area (Å²) in [6, 6.07) is 7.87. The number of nitrogens with one attached hydrogen (secondary N) is 1. The molecule has 0 saturated carbocycles. The van der Waals surface area contributed by atoms with Gasteiger partial charge in [0.1, 0.15) is 6.61 Å². The molecule has 1 fully saturated rings. The van der Waals surface area contributed by atoms with E-state index in [0.29, 0.717) is 0 Å². The molecular formula is C17H20N4O2. The summed E-state index contributed by atoms with van der Waals surface area (Å²) < 4.78 is 5.03. The molecule has 0 bridgehead atoms. The van der Waals surface area contributed by atoms with Crippen LogP contribution in [0.4, 0.5) is 5.95 Å². The van der Waals surface area contributed by atoms with E-state index in [1.807, 2.05) is 36.7 Å². The zero-order valence-electron chi connectivity index (χ0n) is 13.2. The summed E-state index contributed by atoms with van der Waals surface area (Å²) in [5.41, 5.74) is 2.92. The highest BCUT2D eigenvalue weighted by Crippen LogP contribution is 2.21. The number of rotatable bonds is 4. The quantitative estimate of drug-likeness (QED) is 0.865. The van der Waals surface area contributed by atoms with Gasteiger partial charge < -0.3 is 15.0 Å². The van der Waals surface area contributed by atoms with Gasteiger partial charge in [0.05, 0.1) is 0 Å². The highest BCUT2D eigenvalue weighted by Gasteiger charge is 2.12. The van der Waals surface area contributed by atoms with Crippen LogP contribution in [-0.2, 0) is 16.1 Å². The number of esters is 1. The number of piperazine rings is 1. The first-order valence-corrected chi connectivity index (χ1v) is 7.73. The molecule has 6 heteroatoms. The van der Waals surface area contributed by atoms with Gasteiger partial charge in [0.2, 0.25) is 5.95 Å². The third-order valence-electron chi connectivity index (χ3n) is 3.74. The fourth-order valence-corrected chi connectivity index (χ4v) is 2.52. The van der Waals surface area contributed by atoms with Crippen LogP contribution in [0.15, 0.2) is 36.7 Å². The van der Waals surface area contributed by atoms with Gasteiger partial charge in [0.15, 0.2) is 0 Å². The Bertz CT molecular complexity index is 667. The Hall–Kier alpha value is -2.47. The number of aromatic nitrogens is 2. The van der Waals surface area contributed by atoms with E-state index < -0.39 is 0 Å². The maximum atomic E-state index is 10.9. The van der Waals surface area contributed by atoms with Gasteiger partial charge in [0.25, 0.3) is 0 Å². The molecule has 1 aliphatic rings. The topological polar surface area (TPSA) is 67.3 Å². The van der Waals surface area contributed by atoms with Gasteiger partial charge in [-0.15, -0.1) is 0 Å². The van der Waals surface area contributed by atoms with E-state index in [2.05, 4.69) is 20.2 Å². The molecule has 0 aliphatic carbocycles. The lowest BCUT2D eigenvalue weighted by Gasteiger charge is -2.27. The zero-order valence-corrected chi connectivity index (χ0v) is 13.2. The van der Waals surface area contributed by atoms with Crippen LogP contribution in [-0.4, -0.2) is 42.1 Å². The molecule has 1 saturated heterocycles. The number of benzene rings is 1. The summed E-state index contributed by atoms with van der Waals surface area (Å²) in [4.78, 5) is 22.1. The first kappa shape index (κ1) is 15.4. The van der Waals surface area contributed by atoms with E-state index in [4.69, 9.17) is 4.74 Å². The van der Waals surface area contributed by atoms with E-state index in [-0.39, 0.29) is 12.6 Å². The summed E-state index contributed by atoms with van der Waals surface area (Å²) in [6.07, 6.45) is 3.69. The van der Waals surface area contributed by atoms with Crippen molar-refractivity contribution in [2.24, 2.45) is 0 Å². The molecule has 1 aliphatic heterocycles. The van der Waals surface area contributed by atoms with Gasteiger partial charge in [-0.1, -0.05) is 18.2 Å². The maximum Gasteiger partial charge on any atom is 0.302 e. The van der Waals surface area contributed by atoms with Crippen molar-refractivity contribution >= 4 is 11.9 Å². The van der Waals surface area contributed by atoms with Crippen molar-refractivity contribution in [3.05, 3.63) is 42.2 Å². The first-order valence-electron chi connectivity index (χ1n) is 7.73. The molecule has 120 valence electrons. The Morgan fingerprint density at radius 3 is 2.65 bits per heavy atom. The summed E-state index contributed by atoms with van der Waals surface area (Å²) in [5.74, 6) is 0.491. The largest absolute Gasteiger partial charge is 0.461 e. The minimum atomic E-state index is -0.279. The highest BCUT2D eigenvalue weighted by molar-refractivity contribution is 5.66. The normalized spacial score (nSPS) is 14.6. The van der Waals surface area contributed by atoms with E-state index >= 15 is 0 Å². The predicted molar refractivity (Wildman–Crippen MR) is 88.0 cm³/mol. The molecule has 6 nitrogen and oxygen atoms in total. The second kappa shape index (κ2) is 7.19. The minimum absolute atomic E-state index is 0.279. The number of anilines is 1.